The zero-order chi connectivity index (χ0) is 77.8. The van der Waals surface area contributed by atoms with E-state index in [1.54, 1.807) is 41.5 Å². The number of imidazole rings is 3. The van der Waals surface area contributed by atoms with Gasteiger partial charge in [-0.2, -0.15) is 29.9 Å². The molecule has 0 atom stereocenters. The molecule has 31 heteroatoms. The second kappa shape index (κ2) is 37.8. The SMILES string of the molecule is CC(C)CCNc1nc(N(Cc2ccc(C3CCCCC3)cc2)C(=O)OC(C)(C)C)nc2c1ncn2CC(=O)O.CCCCCN(C(=O)OC(C)(C)C)c1nc(N(C)Cc2ccccc2)c2ncn(CC(=O)O)c2n1.CCCCCN(C(=O)OC(C)(C)C)c1nc(N2CCOCC2)c2ncn(CC(=O)O)c2n1. The molecule has 0 radical (unpaired) electrons. The van der Waals surface area contributed by atoms with Crippen LogP contribution in [0.2, 0.25) is 0 Å². The van der Waals surface area contributed by atoms with Gasteiger partial charge in [0.05, 0.1) is 38.7 Å². The van der Waals surface area contributed by atoms with Crippen LogP contribution in [0.25, 0.3) is 33.5 Å². The molecule has 107 heavy (non-hydrogen) atoms. The van der Waals surface area contributed by atoms with Crippen molar-refractivity contribution >= 4 is 105 Å². The van der Waals surface area contributed by atoms with Crippen molar-refractivity contribution in [2.45, 2.75) is 223 Å². The van der Waals surface area contributed by atoms with Crippen LogP contribution >= 0.6 is 0 Å². The molecule has 2 fully saturated rings. The number of hydrogen-bond donors (Lipinski definition) is 4. The van der Waals surface area contributed by atoms with Gasteiger partial charge < -0.3 is 63.1 Å². The van der Waals surface area contributed by atoms with Crippen LogP contribution in [0.4, 0.5) is 49.7 Å². The summed E-state index contributed by atoms with van der Waals surface area (Å²) in [6, 6.07) is 18.3. The first-order chi connectivity index (χ1) is 50.8. The zero-order valence-electron chi connectivity index (χ0n) is 64.6. The number of hydrogen-bond acceptors (Lipinski definition) is 22. The fourth-order valence-electron chi connectivity index (χ4n) is 12.0. The molecular weight excluding hydrogens is 1370 g/mol. The Balaban J connectivity index is 0.000000204. The molecule has 0 unspecified atom stereocenters. The van der Waals surface area contributed by atoms with E-state index >= 15 is 0 Å². The molecule has 1 aliphatic heterocycles. The van der Waals surface area contributed by atoms with Gasteiger partial charge >= 0.3 is 36.2 Å². The van der Waals surface area contributed by atoms with E-state index in [-0.39, 0.29) is 44.0 Å². The smallest absolute Gasteiger partial charge is 0.417 e. The van der Waals surface area contributed by atoms with E-state index in [4.69, 9.17) is 33.9 Å². The summed E-state index contributed by atoms with van der Waals surface area (Å²) in [5, 5.41) is 31.4. The van der Waals surface area contributed by atoms with Gasteiger partial charge in [0.1, 0.15) is 36.4 Å². The molecule has 2 aliphatic rings. The van der Waals surface area contributed by atoms with Crippen LogP contribution in [-0.2, 0) is 66.1 Å². The molecule has 4 N–H and O–H groups in total. The third kappa shape index (κ3) is 24.3. The van der Waals surface area contributed by atoms with Crippen molar-refractivity contribution in [2.24, 2.45) is 5.92 Å². The maximum atomic E-state index is 13.5. The topological polar surface area (TPSA) is 359 Å². The van der Waals surface area contributed by atoms with E-state index in [9.17, 15) is 44.1 Å². The summed E-state index contributed by atoms with van der Waals surface area (Å²) in [6.07, 6.45) is 15.2. The first kappa shape index (κ1) is 82.3. The highest BCUT2D eigenvalue weighted by molar-refractivity contribution is 5.93. The predicted octanol–water partition coefficient (Wildman–Crippen LogP) is 13.5. The molecule has 3 amide bonds. The lowest BCUT2D eigenvalue weighted by Crippen LogP contribution is -2.40. The number of rotatable bonds is 28. The number of aliphatic carboxylic acids is 3. The van der Waals surface area contributed by atoms with Gasteiger partial charge in [-0.25, -0.2) is 44.0 Å². The van der Waals surface area contributed by atoms with Crippen LogP contribution in [0.1, 0.15) is 190 Å². The fourth-order valence-corrected chi connectivity index (χ4v) is 12.0. The fraction of sp³-hybridized carbons (Fsp3) is 0.566. The lowest BCUT2D eigenvalue weighted by molar-refractivity contribution is -0.138. The molecule has 31 nitrogen and oxygen atoms in total. The number of morpholine rings is 1. The number of aromatic nitrogens is 12. The summed E-state index contributed by atoms with van der Waals surface area (Å²) in [5.74, 6) is -0.0165. The number of ether oxygens (including phenoxy) is 4. The van der Waals surface area contributed by atoms with Crippen LogP contribution in [0.3, 0.4) is 0 Å². The van der Waals surface area contributed by atoms with E-state index in [2.05, 4.69) is 87.2 Å². The van der Waals surface area contributed by atoms with Gasteiger partial charge in [-0.15, -0.1) is 0 Å². The van der Waals surface area contributed by atoms with E-state index in [0.29, 0.717) is 115 Å². The van der Waals surface area contributed by atoms with Crippen LogP contribution < -0.4 is 29.8 Å². The lowest BCUT2D eigenvalue weighted by atomic mass is 9.84. The minimum absolute atomic E-state index is 0.122. The van der Waals surface area contributed by atoms with E-state index in [0.717, 1.165) is 56.1 Å². The van der Waals surface area contributed by atoms with Crippen LogP contribution in [0.15, 0.2) is 73.6 Å². The highest BCUT2D eigenvalue weighted by Crippen LogP contribution is 2.35. The van der Waals surface area contributed by atoms with Crippen molar-refractivity contribution in [1.29, 1.82) is 0 Å². The van der Waals surface area contributed by atoms with Crippen molar-refractivity contribution in [2.75, 3.05) is 82.8 Å². The summed E-state index contributed by atoms with van der Waals surface area (Å²) in [7, 11) is 1.88. The molecule has 7 heterocycles. The first-order valence-corrected chi connectivity index (χ1v) is 37.0. The molecule has 2 aromatic carbocycles. The van der Waals surface area contributed by atoms with Crippen LogP contribution in [0.5, 0.6) is 0 Å². The van der Waals surface area contributed by atoms with Crippen molar-refractivity contribution < 1.29 is 63.0 Å². The predicted molar refractivity (Wildman–Crippen MR) is 409 cm³/mol. The Hall–Kier alpha value is -10.3. The van der Waals surface area contributed by atoms with Crippen molar-refractivity contribution in [3.05, 3.63) is 90.3 Å². The molecule has 1 aliphatic carbocycles. The Morgan fingerprint density at radius 2 is 1.00 bits per heavy atom. The number of carboxylic acids is 3. The number of unbranched alkanes of at least 4 members (excludes halogenated alkanes) is 4. The van der Waals surface area contributed by atoms with E-state index in [1.807, 2.05) is 68.0 Å². The molecule has 1 saturated carbocycles. The van der Waals surface area contributed by atoms with Gasteiger partial charge in [-0.3, -0.25) is 14.4 Å². The second-order valence-electron chi connectivity index (χ2n) is 30.3. The number of carboxylic acid groups (broad SMARTS) is 3. The molecular formula is C76H108N18O13. The molecule has 0 spiro atoms. The van der Waals surface area contributed by atoms with Gasteiger partial charge in [0.2, 0.25) is 17.8 Å². The molecule has 580 valence electrons. The summed E-state index contributed by atoms with van der Waals surface area (Å²) in [4.78, 5) is 123. The lowest BCUT2D eigenvalue weighted by Gasteiger charge is -2.30. The van der Waals surface area contributed by atoms with Gasteiger partial charge in [0.25, 0.3) is 0 Å². The summed E-state index contributed by atoms with van der Waals surface area (Å²) in [6.45, 7) is 28.3. The Labute approximate surface area is 625 Å². The number of nitrogens with zero attached hydrogens (tertiary/aromatic N) is 17. The number of nitrogens with one attached hydrogen (secondary N) is 1. The number of benzene rings is 2. The highest BCUT2D eigenvalue weighted by Gasteiger charge is 2.33. The largest absolute Gasteiger partial charge is 0.480 e. The molecule has 0 bridgehead atoms. The Morgan fingerprint density at radius 3 is 1.49 bits per heavy atom. The molecule has 10 rings (SSSR count). The first-order valence-electron chi connectivity index (χ1n) is 37.0. The summed E-state index contributed by atoms with van der Waals surface area (Å²) < 4.78 is 26.8. The zero-order valence-corrected chi connectivity index (χ0v) is 64.6. The highest BCUT2D eigenvalue weighted by atomic mass is 16.6. The summed E-state index contributed by atoms with van der Waals surface area (Å²) >= 11 is 0. The number of carbonyl (C=O) groups is 6. The Morgan fingerprint density at radius 1 is 0.551 bits per heavy atom. The van der Waals surface area contributed by atoms with Crippen LogP contribution in [0, 0.1) is 5.92 Å². The van der Waals surface area contributed by atoms with E-state index < -0.39 is 53.0 Å². The van der Waals surface area contributed by atoms with Crippen molar-refractivity contribution in [1.82, 2.24) is 58.6 Å². The molecule has 8 aromatic rings. The normalized spacial score (nSPS) is 13.5. The Kier molecular flexibility index (Phi) is 29.1. The van der Waals surface area contributed by atoms with Gasteiger partial charge in [0.15, 0.2) is 50.9 Å². The van der Waals surface area contributed by atoms with Crippen molar-refractivity contribution in [3.63, 3.8) is 0 Å². The maximum absolute atomic E-state index is 13.5. The molecule has 1 saturated heterocycles. The van der Waals surface area contributed by atoms with E-state index in [1.165, 1.54) is 85.1 Å². The average molecular weight is 1480 g/mol. The van der Waals surface area contributed by atoms with Crippen molar-refractivity contribution in [3.8, 4) is 0 Å². The quantitative estimate of drug-likeness (QED) is 0.0261. The number of fused-ring (bicyclic) bond motifs is 3. The third-order valence-corrected chi connectivity index (χ3v) is 17.1. The second-order valence-corrected chi connectivity index (χ2v) is 30.3. The Bertz CT molecular complexity index is 4260. The number of amides is 3. The van der Waals surface area contributed by atoms with Crippen LogP contribution in [-0.4, -0.2) is 180 Å². The van der Waals surface area contributed by atoms with Gasteiger partial charge in [-0.05, 0) is 123 Å². The minimum Gasteiger partial charge on any atom is -0.480 e. The minimum atomic E-state index is -1.02. The summed E-state index contributed by atoms with van der Waals surface area (Å²) in [5.41, 5.74) is 3.68. The van der Waals surface area contributed by atoms with Gasteiger partial charge in [-0.1, -0.05) is 127 Å². The third-order valence-electron chi connectivity index (χ3n) is 17.1. The molecule has 6 aromatic heterocycles. The maximum Gasteiger partial charge on any atom is 0.417 e. The monoisotopic (exact) mass is 1480 g/mol. The number of anilines is 6. The van der Waals surface area contributed by atoms with Gasteiger partial charge in [0, 0.05) is 46.3 Å². The number of carbonyl (C=O) groups excluding carboxylic acids is 3. The average Bonchev–Trinajstić information content (AvgIpc) is 1.69. The standard InChI is InChI=1S/C30H42N6O4.C25H34N6O4.C21H32N6O5/c1-20(2)15-16-31-26-25-27(35(19-32-25)18-24(37)38)34-28(33-26)36(29(39)40-30(3,4)5)17-21-11-13-23(14-12-21)22-9-7-6-8-10-22;1-6-7-11-14-31(24(34)35-25(2,3)4)23-27-21(29(5)15-18-12-9-8-10-13-18)20-22(28-23)30(17-26-20)16-19(32)33;1-5-6-7-8-27(20(30)32-21(2,3)4)19-23-17(25-9-11-31-12-10-25)16-18(24-19)26(14-22-16)13-15(28)29/h11-14,19-20,22H,6-10,15-18H2,1-5H3,(H,37,38)(H,31,33,34);8-10,12-13,17H,6-7,11,14-16H2,1-5H3,(H,32,33);14H,5-13H2,1-4H3,(H,28,29).